The summed E-state index contributed by atoms with van der Waals surface area (Å²) in [4.78, 5) is 0. The third-order valence-electron chi connectivity index (χ3n) is 2.35. The van der Waals surface area contributed by atoms with Gasteiger partial charge in [0.15, 0.2) is 0 Å². The van der Waals surface area contributed by atoms with E-state index in [0.717, 1.165) is 22.4 Å². The predicted octanol–water partition coefficient (Wildman–Crippen LogP) is 3.43. The minimum atomic E-state index is 0.860. The molecule has 0 aliphatic heterocycles. The van der Waals surface area contributed by atoms with Gasteiger partial charge in [-0.2, -0.15) is 0 Å². The summed E-state index contributed by atoms with van der Waals surface area (Å²) < 4.78 is 6.69. The first kappa shape index (κ1) is 12.6. The van der Waals surface area contributed by atoms with Crippen LogP contribution in [0.4, 0.5) is 5.69 Å². The largest absolute Gasteiger partial charge is 0.398 e. The Kier molecular flexibility index (Phi) is 4.89. The van der Waals surface area contributed by atoms with Crippen LogP contribution in [-0.2, 0) is 0 Å². The normalized spacial score (nSPS) is 9.19. The maximum atomic E-state index is 6.69. The Hall–Kier alpha value is -1.45. The number of benzene rings is 2. The third-order valence-corrected chi connectivity index (χ3v) is 2.35. The molecule has 2 rings (SSSR count). The topological polar surface area (TPSA) is 46.2 Å². The molecule has 0 heterocycles. The second-order valence-electron chi connectivity index (χ2n) is 3.32. The fraction of sp³-hybridized carbons (Fsp3) is 0.0769. The SMILES string of the molecule is Cc1cccc(-c2cc[c]cc2)c1N.OS. The number of hydrogen-bond acceptors (Lipinski definition) is 3. The quantitative estimate of drug-likeness (QED) is 0.401. The molecule has 16 heavy (non-hydrogen) atoms. The Bertz CT molecular complexity index is 443. The summed E-state index contributed by atoms with van der Waals surface area (Å²) in [7, 11) is 0. The lowest BCUT2D eigenvalue weighted by atomic mass is 10.0. The molecule has 1 radical (unpaired) electrons. The van der Waals surface area contributed by atoms with Gasteiger partial charge in [-0.3, -0.25) is 0 Å². The molecular weight excluding hydrogens is 218 g/mol. The molecule has 0 fully saturated rings. The number of nitrogen functional groups attached to an aromatic ring is 1. The maximum Gasteiger partial charge on any atom is 0.0423 e. The summed E-state index contributed by atoms with van der Waals surface area (Å²) in [6.07, 6.45) is 0. The molecule has 0 unspecified atom stereocenters. The molecule has 2 nitrogen and oxygen atoms in total. The first-order valence-electron chi connectivity index (χ1n) is 4.80. The highest BCUT2D eigenvalue weighted by Crippen LogP contribution is 2.27. The van der Waals surface area contributed by atoms with E-state index in [2.05, 4.69) is 19.0 Å². The predicted molar refractivity (Wildman–Crippen MR) is 71.5 cm³/mol. The maximum absolute atomic E-state index is 6.69. The van der Waals surface area contributed by atoms with Crippen molar-refractivity contribution in [3.05, 3.63) is 54.1 Å². The van der Waals surface area contributed by atoms with Crippen LogP contribution in [0.1, 0.15) is 5.56 Å². The van der Waals surface area contributed by atoms with Crippen LogP contribution in [0.25, 0.3) is 11.1 Å². The van der Waals surface area contributed by atoms with Gasteiger partial charge in [0.2, 0.25) is 0 Å². The van der Waals surface area contributed by atoms with Crippen LogP contribution < -0.4 is 5.73 Å². The number of para-hydroxylation sites is 1. The van der Waals surface area contributed by atoms with Crippen LogP contribution in [0.5, 0.6) is 0 Å². The summed E-state index contributed by atoms with van der Waals surface area (Å²) in [6, 6.07) is 16.9. The van der Waals surface area contributed by atoms with E-state index < -0.39 is 0 Å². The molecular formula is C13H14NOS. The van der Waals surface area contributed by atoms with E-state index in [1.165, 1.54) is 0 Å². The monoisotopic (exact) mass is 232 g/mol. The van der Waals surface area contributed by atoms with Gasteiger partial charge in [0.1, 0.15) is 0 Å². The van der Waals surface area contributed by atoms with Crippen LogP contribution >= 0.6 is 12.9 Å². The smallest absolute Gasteiger partial charge is 0.0423 e. The first-order chi connectivity index (χ1) is 7.79. The fourth-order valence-electron chi connectivity index (χ4n) is 1.50. The highest BCUT2D eigenvalue weighted by Gasteiger charge is 2.02. The molecule has 0 aromatic heterocycles. The van der Waals surface area contributed by atoms with Gasteiger partial charge in [-0.1, -0.05) is 42.5 Å². The minimum absolute atomic E-state index is 0.860. The van der Waals surface area contributed by atoms with E-state index in [1.54, 1.807) is 0 Å². The summed E-state index contributed by atoms with van der Waals surface area (Å²) in [5.41, 5.74) is 10.2. The van der Waals surface area contributed by atoms with Crippen LogP contribution in [0, 0.1) is 13.0 Å². The number of anilines is 1. The number of nitrogens with two attached hydrogens (primary N) is 1. The van der Waals surface area contributed by atoms with Gasteiger partial charge in [-0.25, -0.2) is 0 Å². The van der Waals surface area contributed by atoms with E-state index in [9.17, 15) is 0 Å². The van der Waals surface area contributed by atoms with Gasteiger partial charge in [0.25, 0.3) is 0 Å². The molecule has 0 atom stereocenters. The lowest BCUT2D eigenvalue weighted by molar-refractivity contribution is 0.679. The van der Waals surface area contributed by atoms with Crippen molar-refractivity contribution >= 4 is 18.6 Å². The Balaban J connectivity index is 0.000000606. The molecule has 3 heteroatoms. The molecule has 0 aliphatic rings. The van der Waals surface area contributed by atoms with Crippen LogP contribution in [-0.4, -0.2) is 4.55 Å². The van der Waals surface area contributed by atoms with Crippen molar-refractivity contribution in [1.29, 1.82) is 0 Å². The van der Waals surface area contributed by atoms with Crippen molar-refractivity contribution < 1.29 is 4.55 Å². The molecule has 0 saturated carbocycles. The summed E-state index contributed by atoms with van der Waals surface area (Å²) in [5.74, 6) is 0. The van der Waals surface area contributed by atoms with E-state index in [0.29, 0.717) is 0 Å². The molecule has 0 amide bonds. The fourth-order valence-corrected chi connectivity index (χ4v) is 1.50. The Morgan fingerprint density at radius 3 is 2.38 bits per heavy atom. The van der Waals surface area contributed by atoms with Gasteiger partial charge in [0, 0.05) is 11.3 Å². The van der Waals surface area contributed by atoms with Crippen LogP contribution in [0.15, 0.2) is 42.5 Å². The van der Waals surface area contributed by atoms with Crippen LogP contribution in [0.3, 0.4) is 0 Å². The molecule has 0 aliphatic carbocycles. The Labute approximate surface area is 101 Å². The van der Waals surface area contributed by atoms with Gasteiger partial charge >= 0.3 is 0 Å². The second kappa shape index (κ2) is 6.20. The zero-order valence-electron chi connectivity index (χ0n) is 9.01. The van der Waals surface area contributed by atoms with Crippen molar-refractivity contribution in [3.63, 3.8) is 0 Å². The first-order valence-corrected chi connectivity index (χ1v) is 5.20. The van der Waals surface area contributed by atoms with Crippen molar-refractivity contribution in [2.45, 2.75) is 6.92 Å². The average molecular weight is 232 g/mol. The molecule has 3 N–H and O–H groups in total. The Morgan fingerprint density at radius 2 is 1.75 bits per heavy atom. The summed E-state index contributed by atoms with van der Waals surface area (Å²) in [5, 5.41) is 0. The zero-order valence-corrected chi connectivity index (χ0v) is 9.91. The number of thiol groups is 1. The number of aryl methyl sites for hydroxylation is 1. The van der Waals surface area contributed by atoms with Crippen molar-refractivity contribution in [3.8, 4) is 11.1 Å². The summed E-state index contributed by atoms with van der Waals surface area (Å²) in [6.45, 7) is 2.02. The van der Waals surface area contributed by atoms with E-state index in [4.69, 9.17) is 10.3 Å². The zero-order chi connectivity index (χ0) is 12.0. The highest BCUT2D eigenvalue weighted by molar-refractivity contribution is 7.74. The van der Waals surface area contributed by atoms with Gasteiger partial charge in [-0.15, -0.1) is 0 Å². The van der Waals surface area contributed by atoms with Crippen molar-refractivity contribution in [2.75, 3.05) is 5.73 Å². The molecule has 2 aromatic rings. The molecule has 2 aromatic carbocycles. The van der Waals surface area contributed by atoms with E-state index in [-0.39, 0.29) is 0 Å². The third kappa shape index (κ3) is 2.78. The van der Waals surface area contributed by atoms with E-state index in [1.807, 2.05) is 49.4 Å². The Morgan fingerprint density at radius 1 is 1.12 bits per heavy atom. The summed E-state index contributed by atoms with van der Waals surface area (Å²) >= 11 is 2.53. The average Bonchev–Trinajstić information content (AvgIpc) is 2.36. The lowest BCUT2D eigenvalue weighted by Gasteiger charge is -2.07. The van der Waals surface area contributed by atoms with Crippen molar-refractivity contribution in [2.24, 2.45) is 0 Å². The number of rotatable bonds is 1. The molecule has 0 bridgehead atoms. The van der Waals surface area contributed by atoms with Gasteiger partial charge in [-0.05, 0) is 37.0 Å². The molecule has 0 saturated heterocycles. The van der Waals surface area contributed by atoms with Gasteiger partial charge < -0.3 is 10.3 Å². The van der Waals surface area contributed by atoms with E-state index >= 15 is 0 Å². The molecule has 0 spiro atoms. The highest BCUT2D eigenvalue weighted by atomic mass is 32.1. The van der Waals surface area contributed by atoms with Crippen molar-refractivity contribution in [1.82, 2.24) is 0 Å². The minimum Gasteiger partial charge on any atom is -0.398 e. The lowest BCUT2D eigenvalue weighted by Crippen LogP contribution is -1.92. The molecule has 83 valence electrons. The van der Waals surface area contributed by atoms with Crippen LogP contribution in [0.2, 0.25) is 0 Å². The number of hydrogen-bond donors (Lipinski definition) is 3. The standard InChI is InChI=1S/C13H12N.H2OS/c1-10-6-5-9-12(13(10)14)11-7-3-2-4-8-11;1-2/h3-9H,14H2,1H3;1-2H. The van der Waals surface area contributed by atoms with Gasteiger partial charge in [0.05, 0.1) is 0 Å². The second-order valence-corrected chi connectivity index (χ2v) is 3.32.